The molecule has 2 aromatic carbocycles. The smallest absolute Gasteiger partial charge is 0.292 e. The van der Waals surface area contributed by atoms with Crippen LogP contribution in [0, 0.1) is 27.2 Å². The molecule has 0 aliphatic heterocycles. The van der Waals surface area contributed by atoms with E-state index < -0.39 is 9.85 Å². The standard InChI is InChI=1S/C14H13N3O4/c1-10-2-7-14(17(20)21)13(8-10)15-9-11-3-5-12(6-4-11)16(18)19/h2-8,15H,9H2,1H3. The van der Waals surface area contributed by atoms with Crippen LogP contribution < -0.4 is 5.32 Å². The van der Waals surface area contributed by atoms with Crippen molar-refractivity contribution in [1.82, 2.24) is 0 Å². The Morgan fingerprint density at radius 2 is 1.67 bits per heavy atom. The van der Waals surface area contributed by atoms with Crippen molar-refractivity contribution < 1.29 is 9.85 Å². The molecular weight excluding hydrogens is 274 g/mol. The van der Waals surface area contributed by atoms with Gasteiger partial charge in [-0.05, 0) is 24.1 Å². The monoisotopic (exact) mass is 287 g/mol. The summed E-state index contributed by atoms with van der Waals surface area (Å²) in [7, 11) is 0. The topological polar surface area (TPSA) is 98.3 Å². The zero-order valence-electron chi connectivity index (χ0n) is 11.3. The van der Waals surface area contributed by atoms with Gasteiger partial charge in [0.15, 0.2) is 0 Å². The van der Waals surface area contributed by atoms with Crippen molar-refractivity contribution in [3.05, 3.63) is 73.8 Å². The maximum absolute atomic E-state index is 11.0. The van der Waals surface area contributed by atoms with Crippen LogP contribution in [-0.4, -0.2) is 9.85 Å². The van der Waals surface area contributed by atoms with Gasteiger partial charge in [-0.1, -0.05) is 18.2 Å². The highest BCUT2D eigenvalue weighted by molar-refractivity contribution is 5.62. The van der Waals surface area contributed by atoms with Crippen molar-refractivity contribution >= 4 is 17.1 Å². The number of anilines is 1. The zero-order valence-corrected chi connectivity index (χ0v) is 11.3. The summed E-state index contributed by atoms with van der Waals surface area (Å²) in [5.41, 5.74) is 2.16. The Hall–Kier alpha value is -2.96. The third kappa shape index (κ3) is 3.53. The molecule has 0 spiro atoms. The van der Waals surface area contributed by atoms with E-state index in [9.17, 15) is 20.2 Å². The fourth-order valence-corrected chi connectivity index (χ4v) is 1.88. The van der Waals surface area contributed by atoms with Crippen LogP contribution in [0.5, 0.6) is 0 Å². The predicted molar refractivity (Wildman–Crippen MR) is 78.3 cm³/mol. The maximum Gasteiger partial charge on any atom is 0.292 e. The fraction of sp³-hybridized carbons (Fsp3) is 0.143. The van der Waals surface area contributed by atoms with Gasteiger partial charge in [-0.25, -0.2) is 0 Å². The molecule has 0 saturated carbocycles. The van der Waals surface area contributed by atoms with Crippen LogP contribution >= 0.6 is 0 Å². The minimum atomic E-state index is -0.470. The second-order valence-electron chi connectivity index (χ2n) is 4.55. The molecule has 1 N–H and O–H groups in total. The van der Waals surface area contributed by atoms with Crippen LogP contribution in [0.15, 0.2) is 42.5 Å². The third-order valence-electron chi connectivity index (χ3n) is 2.98. The van der Waals surface area contributed by atoms with Gasteiger partial charge in [0.2, 0.25) is 0 Å². The van der Waals surface area contributed by atoms with E-state index in [4.69, 9.17) is 0 Å². The number of non-ortho nitro benzene ring substituents is 1. The molecule has 0 aliphatic carbocycles. The zero-order chi connectivity index (χ0) is 15.4. The molecular formula is C14H13N3O4. The Balaban J connectivity index is 2.14. The van der Waals surface area contributed by atoms with Gasteiger partial charge >= 0.3 is 0 Å². The summed E-state index contributed by atoms with van der Waals surface area (Å²) in [5, 5.41) is 24.5. The first-order valence-corrected chi connectivity index (χ1v) is 6.19. The number of rotatable bonds is 5. The van der Waals surface area contributed by atoms with Crippen LogP contribution in [0.25, 0.3) is 0 Å². The molecule has 2 rings (SSSR count). The van der Waals surface area contributed by atoms with E-state index in [0.29, 0.717) is 12.2 Å². The van der Waals surface area contributed by atoms with Gasteiger partial charge in [-0.2, -0.15) is 0 Å². The second kappa shape index (κ2) is 6.00. The molecule has 7 nitrogen and oxygen atoms in total. The highest BCUT2D eigenvalue weighted by Crippen LogP contribution is 2.25. The van der Waals surface area contributed by atoms with E-state index in [0.717, 1.165) is 11.1 Å². The molecule has 0 fully saturated rings. The van der Waals surface area contributed by atoms with Gasteiger partial charge in [0, 0.05) is 24.7 Å². The van der Waals surface area contributed by atoms with Crippen LogP contribution in [0.4, 0.5) is 17.1 Å². The molecule has 108 valence electrons. The summed E-state index contributed by atoms with van der Waals surface area (Å²) in [4.78, 5) is 20.6. The average Bonchev–Trinajstić information content (AvgIpc) is 2.45. The van der Waals surface area contributed by atoms with Crippen molar-refractivity contribution in [1.29, 1.82) is 0 Å². The lowest BCUT2D eigenvalue weighted by molar-refractivity contribution is -0.384. The Morgan fingerprint density at radius 1 is 1.00 bits per heavy atom. The Morgan fingerprint density at radius 3 is 2.24 bits per heavy atom. The van der Waals surface area contributed by atoms with E-state index in [1.165, 1.54) is 18.2 Å². The lowest BCUT2D eigenvalue weighted by Crippen LogP contribution is -2.03. The largest absolute Gasteiger partial charge is 0.375 e. The van der Waals surface area contributed by atoms with E-state index in [1.54, 1.807) is 24.3 Å². The molecule has 0 amide bonds. The molecule has 0 aromatic heterocycles. The third-order valence-corrected chi connectivity index (χ3v) is 2.98. The summed E-state index contributed by atoms with van der Waals surface area (Å²) < 4.78 is 0. The molecule has 7 heteroatoms. The number of aryl methyl sites for hydroxylation is 1. The normalized spacial score (nSPS) is 10.1. The summed E-state index contributed by atoms with van der Waals surface area (Å²) >= 11 is 0. The number of nitrogens with one attached hydrogen (secondary N) is 1. The highest BCUT2D eigenvalue weighted by atomic mass is 16.6. The molecule has 21 heavy (non-hydrogen) atoms. The number of hydrogen-bond donors (Lipinski definition) is 1. The number of hydrogen-bond acceptors (Lipinski definition) is 5. The Kier molecular flexibility index (Phi) is 4.13. The molecule has 2 aromatic rings. The molecule has 0 saturated heterocycles. The van der Waals surface area contributed by atoms with Gasteiger partial charge in [-0.3, -0.25) is 20.2 Å². The fourth-order valence-electron chi connectivity index (χ4n) is 1.88. The number of nitro benzene ring substituents is 2. The summed E-state index contributed by atoms with van der Waals surface area (Å²) in [6.07, 6.45) is 0. The molecule has 0 aliphatic rings. The van der Waals surface area contributed by atoms with Gasteiger partial charge in [0.1, 0.15) is 5.69 Å². The quantitative estimate of drug-likeness (QED) is 0.671. The first-order valence-electron chi connectivity index (χ1n) is 6.19. The maximum atomic E-state index is 11.0. The summed E-state index contributed by atoms with van der Waals surface area (Å²) in [5.74, 6) is 0. The lowest BCUT2D eigenvalue weighted by atomic mass is 10.1. The van der Waals surface area contributed by atoms with Crippen molar-refractivity contribution in [2.75, 3.05) is 5.32 Å². The second-order valence-corrected chi connectivity index (χ2v) is 4.55. The summed E-state index contributed by atoms with van der Waals surface area (Å²) in [6, 6.07) is 10.9. The Labute approximate surface area is 120 Å². The van der Waals surface area contributed by atoms with E-state index >= 15 is 0 Å². The van der Waals surface area contributed by atoms with Gasteiger partial charge in [0.25, 0.3) is 11.4 Å². The van der Waals surface area contributed by atoms with Gasteiger partial charge < -0.3 is 5.32 Å². The van der Waals surface area contributed by atoms with Crippen LogP contribution in [-0.2, 0) is 6.54 Å². The molecule has 0 heterocycles. The number of benzene rings is 2. The first-order chi connectivity index (χ1) is 9.97. The van der Waals surface area contributed by atoms with E-state index in [-0.39, 0.29) is 11.4 Å². The molecule has 0 unspecified atom stereocenters. The average molecular weight is 287 g/mol. The predicted octanol–water partition coefficient (Wildman–Crippen LogP) is 3.42. The van der Waals surface area contributed by atoms with Gasteiger partial charge in [-0.15, -0.1) is 0 Å². The lowest BCUT2D eigenvalue weighted by Gasteiger charge is -2.08. The highest BCUT2D eigenvalue weighted by Gasteiger charge is 2.13. The van der Waals surface area contributed by atoms with Crippen LogP contribution in [0.2, 0.25) is 0 Å². The van der Waals surface area contributed by atoms with E-state index in [2.05, 4.69) is 5.32 Å². The Bertz CT molecular complexity index is 683. The van der Waals surface area contributed by atoms with Crippen LogP contribution in [0.3, 0.4) is 0 Å². The number of nitrogens with zero attached hydrogens (tertiary/aromatic N) is 2. The first kappa shape index (κ1) is 14.4. The van der Waals surface area contributed by atoms with E-state index in [1.807, 2.05) is 6.92 Å². The van der Waals surface area contributed by atoms with Crippen molar-refractivity contribution in [2.45, 2.75) is 13.5 Å². The SMILES string of the molecule is Cc1ccc([N+](=O)[O-])c(NCc2ccc([N+](=O)[O-])cc2)c1. The van der Waals surface area contributed by atoms with Gasteiger partial charge in [0.05, 0.1) is 9.85 Å². The van der Waals surface area contributed by atoms with Crippen molar-refractivity contribution in [3.8, 4) is 0 Å². The van der Waals surface area contributed by atoms with Crippen molar-refractivity contribution in [2.24, 2.45) is 0 Å². The minimum Gasteiger partial charge on any atom is -0.375 e. The molecule has 0 bridgehead atoms. The van der Waals surface area contributed by atoms with Crippen LogP contribution in [0.1, 0.15) is 11.1 Å². The minimum absolute atomic E-state index is 0.00233. The van der Waals surface area contributed by atoms with Crippen molar-refractivity contribution in [3.63, 3.8) is 0 Å². The molecule has 0 atom stereocenters. The summed E-state index contributed by atoms with van der Waals surface area (Å²) in [6.45, 7) is 2.20. The molecule has 0 radical (unpaired) electrons. The number of nitro groups is 2.